The van der Waals surface area contributed by atoms with E-state index in [4.69, 9.17) is 0 Å². The van der Waals surface area contributed by atoms with Gasteiger partial charge >= 0.3 is 6.03 Å². The number of hydrogen-bond donors (Lipinski definition) is 3. The lowest BCUT2D eigenvalue weighted by atomic mass is 9.96. The van der Waals surface area contributed by atoms with Gasteiger partial charge in [-0.15, -0.1) is 0 Å². The van der Waals surface area contributed by atoms with Crippen LogP contribution in [0.25, 0.3) is 0 Å². The first-order valence-electron chi connectivity index (χ1n) is 8.17. The average Bonchev–Trinajstić information content (AvgIpc) is 2.48. The number of likely N-dealkylation sites (tertiary alicyclic amines) is 1. The summed E-state index contributed by atoms with van der Waals surface area (Å²) in [4.78, 5) is 25.8. The molecule has 6 heteroatoms. The summed E-state index contributed by atoms with van der Waals surface area (Å²) >= 11 is 0. The van der Waals surface area contributed by atoms with E-state index in [9.17, 15) is 9.59 Å². The van der Waals surface area contributed by atoms with Crippen molar-refractivity contribution in [2.24, 2.45) is 0 Å². The Kier molecular flexibility index (Phi) is 6.45. The zero-order chi connectivity index (χ0) is 15.1. The minimum absolute atomic E-state index is 0.203. The summed E-state index contributed by atoms with van der Waals surface area (Å²) in [6.07, 6.45) is 7.74. The second kappa shape index (κ2) is 8.34. The summed E-state index contributed by atoms with van der Waals surface area (Å²) in [5.74, 6) is -0.203. The van der Waals surface area contributed by atoms with Crippen LogP contribution in [-0.4, -0.2) is 55.6 Å². The first kappa shape index (κ1) is 16.2. The van der Waals surface area contributed by atoms with Gasteiger partial charge in [-0.25, -0.2) is 4.79 Å². The largest absolute Gasteiger partial charge is 0.335 e. The van der Waals surface area contributed by atoms with Gasteiger partial charge in [-0.2, -0.15) is 0 Å². The maximum Gasteiger partial charge on any atom is 0.321 e. The zero-order valence-corrected chi connectivity index (χ0v) is 13.0. The molecule has 2 aliphatic rings. The molecule has 3 amide bonds. The summed E-state index contributed by atoms with van der Waals surface area (Å²) < 4.78 is 0. The SMILES string of the molecule is CNC1CCN(CC(=O)NC(=O)NC2CCCCC2)CC1. The maximum absolute atomic E-state index is 11.9. The standard InChI is InChI=1S/C15H28N4O2/c1-16-12-7-9-19(10-8-12)11-14(20)18-15(21)17-13-5-3-2-4-6-13/h12-13,16H,2-11H2,1H3,(H2,17,18,20,21). The van der Waals surface area contributed by atoms with Gasteiger partial charge in [-0.3, -0.25) is 15.0 Å². The van der Waals surface area contributed by atoms with Gasteiger partial charge in [-0.1, -0.05) is 19.3 Å². The molecule has 6 nitrogen and oxygen atoms in total. The second-order valence-corrected chi connectivity index (χ2v) is 6.20. The molecule has 1 heterocycles. The highest BCUT2D eigenvalue weighted by molar-refractivity contribution is 5.95. The molecular formula is C15H28N4O2. The highest BCUT2D eigenvalue weighted by Gasteiger charge is 2.21. The molecule has 0 atom stereocenters. The molecule has 0 aromatic carbocycles. The molecule has 0 spiro atoms. The van der Waals surface area contributed by atoms with Gasteiger partial charge in [0.25, 0.3) is 0 Å². The molecule has 1 aliphatic carbocycles. The van der Waals surface area contributed by atoms with Crippen molar-refractivity contribution >= 4 is 11.9 Å². The number of rotatable bonds is 4. The van der Waals surface area contributed by atoms with Crippen LogP contribution in [0.2, 0.25) is 0 Å². The minimum atomic E-state index is -0.336. The number of imide groups is 1. The molecule has 2 rings (SSSR count). The second-order valence-electron chi connectivity index (χ2n) is 6.20. The monoisotopic (exact) mass is 296 g/mol. The lowest BCUT2D eigenvalue weighted by Gasteiger charge is -2.31. The topological polar surface area (TPSA) is 73.5 Å². The van der Waals surface area contributed by atoms with Crippen LogP contribution in [0, 0.1) is 0 Å². The van der Waals surface area contributed by atoms with E-state index in [2.05, 4.69) is 20.9 Å². The molecule has 3 N–H and O–H groups in total. The number of amides is 3. The number of carbonyl (C=O) groups is 2. The van der Waals surface area contributed by atoms with E-state index in [0.29, 0.717) is 12.6 Å². The average molecular weight is 296 g/mol. The normalized spacial score (nSPS) is 22.0. The van der Waals surface area contributed by atoms with Crippen molar-refractivity contribution in [3.63, 3.8) is 0 Å². The van der Waals surface area contributed by atoms with E-state index in [0.717, 1.165) is 38.8 Å². The fourth-order valence-corrected chi connectivity index (χ4v) is 3.22. The van der Waals surface area contributed by atoms with Crippen LogP contribution in [0.1, 0.15) is 44.9 Å². The minimum Gasteiger partial charge on any atom is -0.335 e. The molecule has 2 fully saturated rings. The Hall–Kier alpha value is -1.14. The van der Waals surface area contributed by atoms with Crippen LogP contribution in [0.15, 0.2) is 0 Å². The molecule has 1 aliphatic heterocycles. The zero-order valence-electron chi connectivity index (χ0n) is 13.0. The third-order valence-electron chi connectivity index (χ3n) is 4.56. The Balaban J connectivity index is 1.63. The highest BCUT2D eigenvalue weighted by Crippen LogP contribution is 2.17. The van der Waals surface area contributed by atoms with Crippen LogP contribution >= 0.6 is 0 Å². The number of urea groups is 1. The molecule has 0 aromatic heterocycles. The van der Waals surface area contributed by atoms with Gasteiger partial charge in [0.05, 0.1) is 6.54 Å². The van der Waals surface area contributed by atoms with Crippen molar-refractivity contribution in [3.05, 3.63) is 0 Å². The Morgan fingerprint density at radius 3 is 2.29 bits per heavy atom. The Labute approximate surface area is 127 Å². The van der Waals surface area contributed by atoms with E-state index in [-0.39, 0.29) is 18.0 Å². The summed E-state index contributed by atoms with van der Waals surface area (Å²) in [6.45, 7) is 2.13. The van der Waals surface area contributed by atoms with Crippen molar-refractivity contribution in [3.8, 4) is 0 Å². The molecule has 0 unspecified atom stereocenters. The lowest BCUT2D eigenvalue weighted by Crippen LogP contribution is -2.50. The molecule has 21 heavy (non-hydrogen) atoms. The van der Waals surface area contributed by atoms with E-state index in [1.54, 1.807) is 0 Å². The van der Waals surface area contributed by atoms with Crippen LogP contribution in [0.5, 0.6) is 0 Å². The maximum atomic E-state index is 11.9. The summed E-state index contributed by atoms with van der Waals surface area (Å²) in [5.41, 5.74) is 0. The van der Waals surface area contributed by atoms with Crippen LogP contribution in [0.3, 0.4) is 0 Å². The number of piperidine rings is 1. The molecule has 1 saturated heterocycles. The molecule has 0 aromatic rings. The van der Waals surface area contributed by atoms with Crippen molar-refractivity contribution < 1.29 is 9.59 Å². The molecular weight excluding hydrogens is 268 g/mol. The van der Waals surface area contributed by atoms with Crippen molar-refractivity contribution in [2.75, 3.05) is 26.7 Å². The van der Waals surface area contributed by atoms with E-state index >= 15 is 0 Å². The Morgan fingerprint density at radius 1 is 1.00 bits per heavy atom. The fourth-order valence-electron chi connectivity index (χ4n) is 3.22. The van der Waals surface area contributed by atoms with Crippen molar-refractivity contribution in [1.29, 1.82) is 0 Å². The fraction of sp³-hybridized carbons (Fsp3) is 0.867. The molecule has 0 radical (unpaired) electrons. The number of hydrogen-bond acceptors (Lipinski definition) is 4. The first-order valence-corrected chi connectivity index (χ1v) is 8.17. The molecule has 0 bridgehead atoms. The first-order chi connectivity index (χ1) is 10.2. The van der Waals surface area contributed by atoms with E-state index < -0.39 is 0 Å². The Morgan fingerprint density at radius 2 is 1.67 bits per heavy atom. The van der Waals surface area contributed by atoms with E-state index in [1.807, 2.05) is 7.05 Å². The van der Waals surface area contributed by atoms with Crippen LogP contribution in [0.4, 0.5) is 4.79 Å². The van der Waals surface area contributed by atoms with Gasteiger partial charge in [-0.05, 0) is 32.7 Å². The van der Waals surface area contributed by atoms with E-state index in [1.165, 1.54) is 19.3 Å². The number of carbonyl (C=O) groups excluding carboxylic acids is 2. The lowest BCUT2D eigenvalue weighted by molar-refractivity contribution is -0.121. The summed E-state index contributed by atoms with van der Waals surface area (Å²) in [5, 5.41) is 8.62. The van der Waals surface area contributed by atoms with Gasteiger partial charge in [0, 0.05) is 25.2 Å². The number of nitrogens with zero attached hydrogens (tertiary/aromatic N) is 1. The van der Waals surface area contributed by atoms with Crippen LogP contribution in [-0.2, 0) is 4.79 Å². The van der Waals surface area contributed by atoms with Gasteiger partial charge in [0.15, 0.2) is 0 Å². The third-order valence-corrected chi connectivity index (χ3v) is 4.56. The molecule has 120 valence electrons. The number of nitrogens with one attached hydrogen (secondary N) is 3. The van der Waals surface area contributed by atoms with Gasteiger partial charge < -0.3 is 10.6 Å². The summed E-state index contributed by atoms with van der Waals surface area (Å²) in [6, 6.07) is 0.453. The van der Waals surface area contributed by atoms with Crippen molar-refractivity contribution in [2.45, 2.75) is 57.0 Å². The predicted molar refractivity (Wildman–Crippen MR) is 82.1 cm³/mol. The van der Waals surface area contributed by atoms with Gasteiger partial charge in [0.2, 0.25) is 5.91 Å². The Bertz CT molecular complexity index is 348. The highest BCUT2D eigenvalue weighted by atomic mass is 16.2. The smallest absolute Gasteiger partial charge is 0.321 e. The molecule has 1 saturated carbocycles. The summed E-state index contributed by atoms with van der Waals surface area (Å²) in [7, 11) is 1.97. The third kappa shape index (κ3) is 5.63. The quantitative estimate of drug-likeness (QED) is 0.718. The predicted octanol–water partition coefficient (Wildman–Crippen LogP) is 0.829. The van der Waals surface area contributed by atoms with Crippen molar-refractivity contribution in [1.82, 2.24) is 20.9 Å². The van der Waals surface area contributed by atoms with Crippen LogP contribution < -0.4 is 16.0 Å². The van der Waals surface area contributed by atoms with Gasteiger partial charge in [0.1, 0.15) is 0 Å².